The second-order valence-corrected chi connectivity index (χ2v) is 9.19. The Balaban J connectivity index is 1.85. The Morgan fingerprint density at radius 1 is 1.14 bits per heavy atom. The van der Waals surface area contributed by atoms with Crippen LogP contribution in [0.25, 0.3) is 0 Å². The first-order chi connectivity index (χ1) is 13.6. The number of hydrogen-bond donors (Lipinski definition) is 1. The van der Waals surface area contributed by atoms with Gasteiger partial charge in [0.2, 0.25) is 15.9 Å². The lowest BCUT2D eigenvalue weighted by Crippen LogP contribution is -2.43. The molecular formula is C20H25N3O5S. The molecule has 1 aliphatic heterocycles. The zero-order valence-electron chi connectivity index (χ0n) is 16.9. The number of benzene rings is 1. The van der Waals surface area contributed by atoms with Crippen molar-refractivity contribution in [3.63, 3.8) is 0 Å². The Morgan fingerprint density at radius 2 is 1.79 bits per heavy atom. The number of esters is 1. The fraction of sp³-hybridized carbons (Fsp3) is 0.400. The van der Waals surface area contributed by atoms with Gasteiger partial charge in [-0.2, -0.15) is 4.31 Å². The van der Waals surface area contributed by atoms with Crippen LogP contribution in [0.4, 0.5) is 5.69 Å². The standard InChI is InChI=1S/C20H25N3O5S/c1-13-8-14(2)10-15(9-13)21-19(24)17-6-5-7-23(17)29(26,27)16-11-18(20(25)28-4)22(3)12-16/h8-12,17H,5-7H2,1-4H3,(H,21,24). The molecule has 0 spiro atoms. The monoisotopic (exact) mass is 419 g/mol. The minimum atomic E-state index is -3.94. The topological polar surface area (TPSA) is 97.7 Å². The number of nitrogens with one attached hydrogen (secondary N) is 1. The molecule has 2 aromatic rings. The van der Waals surface area contributed by atoms with Gasteiger partial charge in [0.05, 0.1) is 7.11 Å². The molecule has 0 aliphatic carbocycles. The van der Waals surface area contributed by atoms with Crippen LogP contribution in [0, 0.1) is 13.8 Å². The summed E-state index contributed by atoms with van der Waals surface area (Å²) in [4.78, 5) is 24.6. The van der Waals surface area contributed by atoms with Crippen molar-refractivity contribution in [2.75, 3.05) is 19.0 Å². The number of nitrogens with zero attached hydrogens (tertiary/aromatic N) is 2. The molecule has 1 aliphatic rings. The van der Waals surface area contributed by atoms with E-state index in [-0.39, 0.29) is 23.0 Å². The molecule has 1 unspecified atom stereocenters. The molecule has 1 amide bonds. The van der Waals surface area contributed by atoms with E-state index in [0.717, 1.165) is 11.1 Å². The van der Waals surface area contributed by atoms with E-state index in [2.05, 4.69) is 10.1 Å². The highest BCUT2D eigenvalue weighted by atomic mass is 32.2. The van der Waals surface area contributed by atoms with Crippen molar-refractivity contribution in [3.05, 3.63) is 47.3 Å². The minimum absolute atomic E-state index is 0.0356. The number of carbonyl (C=O) groups excluding carboxylic acids is 2. The van der Waals surface area contributed by atoms with Gasteiger partial charge in [0.1, 0.15) is 16.6 Å². The van der Waals surface area contributed by atoms with Crippen LogP contribution in [-0.4, -0.2) is 48.9 Å². The molecule has 156 valence electrons. The lowest BCUT2D eigenvalue weighted by atomic mass is 10.1. The van der Waals surface area contributed by atoms with Crippen molar-refractivity contribution in [1.29, 1.82) is 0 Å². The summed E-state index contributed by atoms with van der Waals surface area (Å²) in [6.45, 7) is 4.11. The number of aromatic nitrogens is 1. The highest BCUT2D eigenvalue weighted by Gasteiger charge is 2.40. The Bertz CT molecular complexity index is 1040. The van der Waals surface area contributed by atoms with E-state index >= 15 is 0 Å². The first-order valence-electron chi connectivity index (χ1n) is 9.29. The molecule has 0 radical (unpaired) electrons. The van der Waals surface area contributed by atoms with E-state index in [4.69, 9.17) is 0 Å². The largest absolute Gasteiger partial charge is 0.464 e. The summed E-state index contributed by atoms with van der Waals surface area (Å²) in [5.41, 5.74) is 2.79. The smallest absolute Gasteiger partial charge is 0.354 e. The minimum Gasteiger partial charge on any atom is -0.464 e. The molecule has 1 fully saturated rings. The predicted molar refractivity (Wildman–Crippen MR) is 108 cm³/mol. The van der Waals surface area contributed by atoms with Crippen LogP contribution in [0.3, 0.4) is 0 Å². The van der Waals surface area contributed by atoms with E-state index < -0.39 is 22.0 Å². The molecule has 1 atom stereocenters. The first-order valence-corrected chi connectivity index (χ1v) is 10.7. The van der Waals surface area contributed by atoms with E-state index in [9.17, 15) is 18.0 Å². The fourth-order valence-electron chi connectivity index (χ4n) is 3.68. The molecular weight excluding hydrogens is 394 g/mol. The predicted octanol–water partition coefficient (Wildman–Crippen LogP) is 2.22. The van der Waals surface area contributed by atoms with Gasteiger partial charge < -0.3 is 14.6 Å². The van der Waals surface area contributed by atoms with Crippen molar-refractivity contribution < 1.29 is 22.7 Å². The third-order valence-corrected chi connectivity index (χ3v) is 6.85. The summed E-state index contributed by atoms with van der Waals surface area (Å²) < 4.78 is 33.6. The van der Waals surface area contributed by atoms with E-state index in [1.54, 1.807) is 7.05 Å². The van der Waals surface area contributed by atoms with Crippen LogP contribution >= 0.6 is 0 Å². The van der Waals surface area contributed by atoms with Crippen molar-refractivity contribution >= 4 is 27.6 Å². The summed E-state index contributed by atoms with van der Waals surface area (Å²) in [7, 11) is -1.14. The maximum absolute atomic E-state index is 13.2. The van der Waals surface area contributed by atoms with Gasteiger partial charge in [-0.05, 0) is 56.0 Å². The third kappa shape index (κ3) is 4.20. The normalized spacial score (nSPS) is 17.3. The number of anilines is 1. The van der Waals surface area contributed by atoms with Crippen molar-refractivity contribution in [2.24, 2.45) is 7.05 Å². The Morgan fingerprint density at radius 3 is 2.41 bits per heavy atom. The lowest BCUT2D eigenvalue weighted by Gasteiger charge is -2.23. The summed E-state index contributed by atoms with van der Waals surface area (Å²) in [6.07, 6.45) is 2.38. The molecule has 8 nitrogen and oxygen atoms in total. The zero-order chi connectivity index (χ0) is 21.3. The van der Waals surface area contributed by atoms with Crippen LogP contribution in [0.5, 0.6) is 0 Å². The summed E-state index contributed by atoms with van der Waals surface area (Å²) in [5, 5.41) is 2.84. The SMILES string of the molecule is COC(=O)c1cc(S(=O)(=O)N2CCCC2C(=O)Nc2cc(C)cc(C)c2)cn1C. The molecule has 1 aromatic heterocycles. The van der Waals surface area contributed by atoms with Gasteiger partial charge >= 0.3 is 5.97 Å². The van der Waals surface area contributed by atoms with Gasteiger partial charge in [0.15, 0.2) is 0 Å². The van der Waals surface area contributed by atoms with Gasteiger partial charge in [-0.25, -0.2) is 13.2 Å². The average molecular weight is 420 g/mol. The molecule has 2 heterocycles. The quantitative estimate of drug-likeness (QED) is 0.750. The highest BCUT2D eigenvalue weighted by Crippen LogP contribution is 2.28. The van der Waals surface area contributed by atoms with E-state index in [0.29, 0.717) is 18.5 Å². The molecule has 9 heteroatoms. The lowest BCUT2D eigenvalue weighted by molar-refractivity contribution is -0.119. The van der Waals surface area contributed by atoms with Crippen LogP contribution in [0.1, 0.15) is 34.5 Å². The summed E-state index contributed by atoms with van der Waals surface area (Å²) in [5.74, 6) is -0.986. The van der Waals surface area contributed by atoms with Crippen LogP contribution in [-0.2, 0) is 26.6 Å². The first kappa shape index (κ1) is 21.1. The molecule has 1 saturated heterocycles. The maximum Gasteiger partial charge on any atom is 0.354 e. The third-order valence-electron chi connectivity index (χ3n) is 4.98. The molecule has 3 rings (SSSR count). The molecule has 1 N–H and O–H groups in total. The number of amides is 1. The average Bonchev–Trinajstić information content (AvgIpc) is 3.27. The van der Waals surface area contributed by atoms with Gasteiger partial charge in [0, 0.05) is 25.5 Å². The Hall–Kier alpha value is -2.65. The Labute approximate surface area is 170 Å². The van der Waals surface area contributed by atoms with Crippen LogP contribution < -0.4 is 5.32 Å². The van der Waals surface area contributed by atoms with Crippen LogP contribution in [0.2, 0.25) is 0 Å². The summed E-state index contributed by atoms with van der Waals surface area (Å²) in [6, 6.07) is 6.16. The molecule has 1 aromatic carbocycles. The number of hydrogen-bond acceptors (Lipinski definition) is 5. The van der Waals surface area contributed by atoms with Crippen LogP contribution in [0.15, 0.2) is 35.4 Å². The van der Waals surface area contributed by atoms with Crippen molar-refractivity contribution in [3.8, 4) is 0 Å². The van der Waals surface area contributed by atoms with E-state index in [1.807, 2.05) is 32.0 Å². The molecule has 0 saturated carbocycles. The maximum atomic E-state index is 13.2. The molecule has 29 heavy (non-hydrogen) atoms. The second kappa shape index (κ2) is 8.00. The fourth-order valence-corrected chi connectivity index (χ4v) is 5.41. The zero-order valence-corrected chi connectivity index (χ0v) is 17.7. The number of ether oxygens (including phenoxy) is 1. The Kier molecular flexibility index (Phi) is 5.81. The van der Waals surface area contributed by atoms with Gasteiger partial charge in [0.25, 0.3) is 0 Å². The number of rotatable bonds is 5. The highest BCUT2D eigenvalue weighted by molar-refractivity contribution is 7.89. The number of sulfonamides is 1. The number of methoxy groups -OCH3 is 1. The summed E-state index contributed by atoms with van der Waals surface area (Å²) >= 11 is 0. The van der Waals surface area contributed by atoms with Gasteiger partial charge in [-0.3, -0.25) is 4.79 Å². The molecule has 0 bridgehead atoms. The second-order valence-electron chi connectivity index (χ2n) is 7.30. The van der Waals surface area contributed by atoms with Crippen molar-refractivity contribution in [2.45, 2.75) is 37.6 Å². The van der Waals surface area contributed by atoms with E-state index in [1.165, 1.54) is 28.2 Å². The van der Waals surface area contributed by atoms with Gasteiger partial charge in [-0.15, -0.1) is 0 Å². The van der Waals surface area contributed by atoms with Gasteiger partial charge in [-0.1, -0.05) is 6.07 Å². The number of aryl methyl sites for hydroxylation is 3. The number of carbonyl (C=O) groups is 2. The van der Waals surface area contributed by atoms with Crippen molar-refractivity contribution in [1.82, 2.24) is 8.87 Å².